The Bertz CT molecular complexity index is 652. The van der Waals surface area contributed by atoms with Gasteiger partial charge < -0.3 is 9.73 Å². The summed E-state index contributed by atoms with van der Waals surface area (Å²) in [5.41, 5.74) is 1.43. The first-order valence-corrected chi connectivity index (χ1v) is 6.53. The molecule has 0 radical (unpaired) electrons. The van der Waals surface area contributed by atoms with Crippen molar-refractivity contribution in [3.8, 4) is 0 Å². The number of furan rings is 1. The van der Waals surface area contributed by atoms with Gasteiger partial charge in [0.15, 0.2) is 0 Å². The van der Waals surface area contributed by atoms with Crippen molar-refractivity contribution in [1.29, 1.82) is 0 Å². The molecule has 0 amide bonds. The lowest BCUT2D eigenvalue weighted by Gasteiger charge is -2.15. The van der Waals surface area contributed by atoms with Crippen LogP contribution in [0.15, 0.2) is 28.7 Å². The molecule has 0 bridgehead atoms. The largest absolute Gasteiger partial charge is 0.464 e. The van der Waals surface area contributed by atoms with Crippen molar-refractivity contribution in [2.45, 2.75) is 26.8 Å². The van der Waals surface area contributed by atoms with E-state index >= 15 is 0 Å². The topological polar surface area (TPSA) is 68.3 Å². The average Bonchev–Trinajstić information content (AvgIpc) is 2.79. The number of hydrogen-bond acceptors (Lipinski definition) is 4. The summed E-state index contributed by atoms with van der Waals surface area (Å²) in [5.74, 6) is 1.64. The van der Waals surface area contributed by atoms with E-state index in [1.165, 1.54) is 6.07 Å². The van der Waals surface area contributed by atoms with Crippen molar-refractivity contribution in [3.63, 3.8) is 0 Å². The van der Waals surface area contributed by atoms with Gasteiger partial charge in [0.2, 0.25) is 0 Å². The number of nitrogens with zero attached hydrogens (tertiary/aromatic N) is 1. The smallest absolute Gasteiger partial charge is 0.288 e. The maximum absolute atomic E-state index is 10.8. The minimum atomic E-state index is -0.488. The van der Waals surface area contributed by atoms with Gasteiger partial charge in [-0.15, -0.1) is 0 Å². The van der Waals surface area contributed by atoms with Gasteiger partial charge in [0, 0.05) is 11.8 Å². The number of nitro benzene ring substituents is 1. The van der Waals surface area contributed by atoms with Crippen LogP contribution in [0.3, 0.4) is 0 Å². The van der Waals surface area contributed by atoms with Gasteiger partial charge in [0.1, 0.15) is 16.5 Å². The molecule has 0 fully saturated rings. The molecule has 1 aromatic heterocycles. The molecule has 1 aromatic carbocycles. The molecular formula is C14H15ClN2O3. The fourth-order valence-corrected chi connectivity index (χ4v) is 2.18. The number of halogens is 1. The van der Waals surface area contributed by atoms with Crippen LogP contribution in [-0.4, -0.2) is 4.92 Å². The third kappa shape index (κ3) is 2.93. The molecule has 1 heterocycles. The highest BCUT2D eigenvalue weighted by atomic mass is 35.5. The predicted molar refractivity (Wildman–Crippen MR) is 78.3 cm³/mol. The second-order valence-electron chi connectivity index (χ2n) is 4.69. The minimum absolute atomic E-state index is 0.0556. The van der Waals surface area contributed by atoms with E-state index in [4.69, 9.17) is 16.0 Å². The molecule has 1 N–H and O–H groups in total. The number of nitro groups is 1. The molecule has 1 unspecified atom stereocenters. The number of aryl methyl sites for hydroxylation is 2. The minimum Gasteiger partial charge on any atom is -0.464 e. The number of nitrogens with one attached hydrogen (secondary N) is 1. The molecule has 2 rings (SSSR count). The van der Waals surface area contributed by atoms with Crippen LogP contribution in [0, 0.1) is 24.0 Å². The first-order chi connectivity index (χ1) is 9.38. The summed E-state index contributed by atoms with van der Waals surface area (Å²) in [6.07, 6.45) is 0. The average molecular weight is 295 g/mol. The molecule has 0 spiro atoms. The lowest BCUT2D eigenvalue weighted by molar-refractivity contribution is -0.384. The Balaban J connectivity index is 2.25. The van der Waals surface area contributed by atoms with Gasteiger partial charge in [0.05, 0.1) is 11.0 Å². The zero-order chi connectivity index (χ0) is 14.9. The third-order valence-corrected chi connectivity index (χ3v) is 3.35. The second-order valence-corrected chi connectivity index (χ2v) is 5.10. The first kappa shape index (κ1) is 14.4. The van der Waals surface area contributed by atoms with Crippen LogP contribution in [0.4, 0.5) is 11.4 Å². The predicted octanol–water partition coefficient (Wildman–Crippen LogP) is 4.63. The zero-order valence-corrected chi connectivity index (χ0v) is 12.2. The first-order valence-electron chi connectivity index (χ1n) is 6.16. The molecule has 0 aliphatic rings. The summed E-state index contributed by atoms with van der Waals surface area (Å²) in [7, 11) is 0. The van der Waals surface area contributed by atoms with Gasteiger partial charge in [-0.3, -0.25) is 10.1 Å². The zero-order valence-electron chi connectivity index (χ0n) is 11.4. The van der Waals surface area contributed by atoms with Gasteiger partial charge in [-0.25, -0.2) is 0 Å². The quantitative estimate of drug-likeness (QED) is 0.659. The summed E-state index contributed by atoms with van der Waals surface area (Å²) in [6.45, 7) is 5.63. The molecule has 0 aliphatic carbocycles. The van der Waals surface area contributed by atoms with Crippen LogP contribution in [0.25, 0.3) is 0 Å². The Hall–Kier alpha value is -2.01. The summed E-state index contributed by atoms with van der Waals surface area (Å²) in [5, 5.41) is 14.2. The highest BCUT2D eigenvalue weighted by Gasteiger charge is 2.17. The fourth-order valence-electron chi connectivity index (χ4n) is 1.95. The Kier molecular flexibility index (Phi) is 3.99. The van der Waals surface area contributed by atoms with Gasteiger partial charge in [-0.1, -0.05) is 11.6 Å². The van der Waals surface area contributed by atoms with E-state index in [-0.39, 0.29) is 16.8 Å². The van der Waals surface area contributed by atoms with Gasteiger partial charge in [0.25, 0.3) is 5.69 Å². The second kappa shape index (κ2) is 5.54. The molecule has 0 aliphatic heterocycles. The van der Waals surface area contributed by atoms with Gasteiger partial charge in [-0.2, -0.15) is 0 Å². The van der Waals surface area contributed by atoms with E-state index in [0.717, 1.165) is 22.8 Å². The molecular weight excluding hydrogens is 280 g/mol. The molecule has 2 aromatic rings. The molecule has 106 valence electrons. The van der Waals surface area contributed by atoms with Gasteiger partial charge in [-0.05, 0) is 44.5 Å². The summed E-state index contributed by atoms with van der Waals surface area (Å²) in [4.78, 5) is 10.3. The van der Waals surface area contributed by atoms with Crippen LogP contribution in [0.1, 0.15) is 30.0 Å². The highest BCUT2D eigenvalue weighted by molar-refractivity contribution is 6.33. The van der Waals surface area contributed by atoms with Crippen molar-refractivity contribution in [1.82, 2.24) is 0 Å². The number of rotatable bonds is 4. The highest BCUT2D eigenvalue weighted by Crippen LogP contribution is 2.32. The molecule has 0 saturated carbocycles. The number of benzene rings is 1. The maximum Gasteiger partial charge on any atom is 0.288 e. The Morgan fingerprint density at radius 2 is 2.05 bits per heavy atom. The van der Waals surface area contributed by atoms with Crippen LogP contribution in [0.2, 0.25) is 5.02 Å². The monoisotopic (exact) mass is 294 g/mol. The van der Waals surface area contributed by atoms with E-state index in [0.29, 0.717) is 0 Å². The summed E-state index contributed by atoms with van der Waals surface area (Å²) in [6, 6.07) is 6.77. The summed E-state index contributed by atoms with van der Waals surface area (Å²) < 4.78 is 5.55. The summed E-state index contributed by atoms with van der Waals surface area (Å²) >= 11 is 5.92. The fraction of sp³-hybridized carbons (Fsp3) is 0.286. The maximum atomic E-state index is 10.8. The molecule has 20 heavy (non-hydrogen) atoms. The van der Waals surface area contributed by atoms with Crippen LogP contribution in [0.5, 0.6) is 0 Å². The van der Waals surface area contributed by atoms with Crippen LogP contribution in [-0.2, 0) is 0 Å². The van der Waals surface area contributed by atoms with E-state index in [2.05, 4.69) is 5.32 Å². The normalized spacial score (nSPS) is 12.2. The van der Waals surface area contributed by atoms with E-state index in [1.807, 2.05) is 26.0 Å². The van der Waals surface area contributed by atoms with E-state index in [9.17, 15) is 10.1 Å². The Morgan fingerprint density at radius 1 is 1.35 bits per heavy atom. The lowest BCUT2D eigenvalue weighted by atomic mass is 10.1. The molecule has 1 atom stereocenters. The number of hydrogen-bond donors (Lipinski definition) is 1. The van der Waals surface area contributed by atoms with Crippen LogP contribution < -0.4 is 5.32 Å². The molecule has 5 nitrogen and oxygen atoms in total. The van der Waals surface area contributed by atoms with E-state index < -0.39 is 4.92 Å². The van der Waals surface area contributed by atoms with Crippen LogP contribution >= 0.6 is 11.6 Å². The molecule has 0 saturated heterocycles. The van der Waals surface area contributed by atoms with Gasteiger partial charge >= 0.3 is 0 Å². The van der Waals surface area contributed by atoms with Crippen molar-refractivity contribution in [2.75, 3.05) is 5.32 Å². The van der Waals surface area contributed by atoms with Crippen molar-refractivity contribution >= 4 is 23.0 Å². The van der Waals surface area contributed by atoms with Crippen molar-refractivity contribution in [2.24, 2.45) is 0 Å². The van der Waals surface area contributed by atoms with Crippen molar-refractivity contribution < 1.29 is 9.34 Å². The Morgan fingerprint density at radius 3 is 2.60 bits per heavy atom. The van der Waals surface area contributed by atoms with E-state index in [1.54, 1.807) is 13.0 Å². The third-order valence-electron chi connectivity index (χ3n) is 3.05. The Labute approximate surface area is 121 Å². The SMILES string of the molecule is Cc1ccc(C(C)Nc2cc(Cl)c([N+](=O)[O-])cc2C)o1. The standard InChI is InChI=1S/C14H15ClN2O3/c1-8-6-13(17(18)19)11(15)7-12(8)16-10(3)14-5-4-9(2)20-14/h4-7,10,16H,1-3H3. The number of anilines is 1. The molecule has 6 heteroatoms. The lowest BCUT2D eigenvalue weighted by Crippen LogP contribution is -2.07. The van der Waals surface area contributed by atoms with Crippen molar-refractivity contribution in [3.05, 3.63) is 56.5 Å².